The van der Waals surface area contributed by atoms with Gasteiger partial charge in [-0.05, 0) is 51.0 Å². The molecule has 2 aromatic heterocycles. The first-order chi connectivity index (χ1) is 22.3. The van der Waals surface area contributed by atoms with E-state index in [2.05, 4.69) is 64.1 Å². The van der Waals surface area contributed by atoms with Crippen LogP contribution in [0.15, 0.2) is 126 Å². The van der Waals surface area contributed by atoms with Gasteiger partial charge in [-0.2, -0.15) is 0 Å². The lowest BCUT2D eigenvalue weighted by Gasteiger charge is -2.32. The lowest BCUT2D eigenvalue weighted by Crippen LogP contribution is -2.41. The highest BCUT2D eigenvalue weighted by Gasteiger charge is 2.52. The number of aromatic nitrogens is 3. The third-order valence-electron chi connectivity index (χ3n) is 9.20. The van der Waals surface area contributed by atoms with Crippen LogP contribution in [-0.2, 0) is 9.31 Å². The number of nitrogens with zero attached hydrogens (tertiary/aromatic N) is 3. The second kappa shape index (κ2) is 10.8. The van der Waals surface area contributed by atoms with E-state index in [1.165, 1.54) is 0 Å². The van der Waals surface area contributed by atoms with Crippen LogP contribution in [0.4, 0.5) is 0 Å². The fourth-order valence-corrected chi connectivity index (χ4v) is 5.98. The van der Waals surface area contributed by atoms with Crippen LogP contribution in [0.1, 0.15) is 27.7 Å². The molecule has 0 unspecified atom stereocenters. The van der Waals surface area contributed by atoms with Gasteiger partial charge < -0.3 is 13.7 Å². The van der Waals surface area contributed by atoms with Gasteiger partial charge in [0, 0.05) is 27.4 Å². The SMILES string of the molecule is CC1(C)OB(c2cccc3c2oc2c(-c4nc(-c5ccccc5)nc(-c5cccc(-c6ccccc6)c5)n4)cccc23)OC1(C)C. The maximum Gasteiger partial charge on any atom is 0.498 e. The number of para-hydroxylation sites is 2. The van der Waals surface area contributed by atoms with Crippen molar-refractivity contribution in [3.05, 3.63) is 121 Å². The summed E-state index contributed by atoms with van der Waals surface area (Å²) >= 11 is 0. The van der Waals surface area contributed by atoms with Crippen LogP contribution in [0.2, 0.25) is 0 Å². The second-order valence-corrected chi connectivity index (χ2v) is 12.7. The first-order valence-corrected chi connectivity index (χ1v) is 15.5. The highest BCUT2D eigenvalue weighted by molar-refractivity contribution is 6.65. The second-order valence-electron chi connectivity index (χ2n) is 12.7. The van der Waals surface area contributed by atoms with E-state index in [0.29, 0.717) is 23.1 Å². The zero-order valence-electron chi connectivity index (χ0n) is 26.2. The van der Waals surface area contributed by atoms with Gasteiger partial charge in [-0.3, -0.25) is 0 Å². The predicted octanol–water partition coefficient (Wildman–Crippen LogP) is 8.74. The maximum absolute atomic E-state index is 6.73. The van der Waals surface area contributed by atoms with Crippen molar-refractivity contribution in [1.29, 1.82) is 0 Å². The van der Waals surface area contributed by atoms with Crippen LogP contribution >= 0.6 is 0 Å². The molecular weight excluding hydrogens is 569 g/mol. The molecule has 0 saturated carbocycles. The molecule has 8 rings (SSSR count). The first kappa shape index (κ1) is 28.4. The molecule has 5 aromatic carbocycles. The summed E-state index contributed by atoms with van der Waals surface area (Å²) in [7, 11) is -0.553. The van der Waals surface area contributed by atoms with Crippen LogP contribution < -0.4 is 5.46 Å². The molecule has 0 atom stereocenters. The smallest absolute Gasteiger partial charge is 0.456 e. The number of hydrogen-bond acceptors (Lipinski definition) is 6. The Morgan fingerprint density at radius 2 is 1.00 bits per heavy atom. The van der Waals surface area contributed by atoms with E-state index in [-0.39, 0.29) is 0 Å². The van der Waals surface area contributed by atoms with Crippen LogP contribution in [-0.4, -0.2) is 33.3 Å². The van der Waals surface area contributed by atoms with Crippen LogP contribution in [0, 0.1) is 0 Å². The molecule has 0 N–H and O–H groups in total. The molecule has 7 heteroatoms. The molecule has 0 aliphatic carbocycles. The van der Waals surface area contributed by atoms with E-state index >= 15 is 0 Å². The number of rotatable bonds is 5. The number of furan rings is 1. The van der Waals surface area contributed by atoms with E-state index < -0.39 is 18.3 Å². The van der Waals surface area contributed by atoms with Crippen LogP contribution in [0.25, 0.3) is 67.2 Å². The largest absolute Gasteiger partial charge is 0.498 e. The third-order valence-corrected chi connectivity index (χ3v) is 9.20. The van der Waals surface area contributed by atoms with Crippen molar-refractivity contribution in [1.82, 2.24) is 15.0 Å². The molecular formula is C39H32BN3O3. The number of benzene rings is 5. The molecule has 1 fully saturated rings. The normalized spacial score (nSPS) is 15.5. The Balaban J connectivity index is 1.30. The number of hydrogen-bond donors (Lipinski definition) is 0. The summed E-state index contributed by atoms with van der Waals surface area (Å²) in [6, 6.07) is 40.9. The minimum absolute atomic E-state index is 0.468. The molecule has 1 aliphatic rings. The molecule has 3 heterocycles. The molecule has 7 aromatic rings. The van der Waals surface area contributed by atoms with E-state index in [1.54, 1.807) is 0 Å². The Labute approximate surface area is 268 Å². The Morgan fingerprint density at radius 3 is 1.70 bits per heavy atom. The summed E-state index contributed by atoms with van der Waals surface area (Å²) in [4.78, 5) is 15.0. The van der Waals surface area contributed by atoms with Crippen molar-refractivity contribution in [2.45, 2.75) is 38.9 Å². The van der Waals surface area contributed by atoms with Gasteiger partial charge >= 0.3 is 7.12 Å². The van der Waals surface area contributed by atoms with Gasteiger partial charge in [-0.25, -0.2) is 15.0 Å². The van der Waals surface area contributed by atoms with Crippen molar-refractivity contribution in [3.8, 4) is 45.3 Å². The van der Waals surface area contributed by atoms with Gasteiger partial charge in [0.1, 0.15) is 11.2 Å². The molecule has 46 heavy (non-hydrogen) atoms. The Kier molecular flexibility index (Phi) is 6.64. The van der Waals surface area contributed by atoms with Gasteiger partial charge in [0.2, 0.25) is 0 Å². The first-order valence-electron chi connectivity index (χ1n) is 15.5. The number of fused-ring (bicyclic) bond motifs is 3. The Morgan fingerprint density at radius 1 is 0.478 bits per heavy atom. The van der Waals surface area contributed by atoms with Crippen molar-refractivity contribution >= 4 is 34.5 Å². The highest BCUT2D eigenvalue weighted by Crippen LogP contribution is 2.39. The lowest BCUT2D eigenvalue weighted by molar-refractivity contribution is 0.00578. The predicted molar refractivity (Wildman–Crippen MR) is 185 cm³/mol. The van der Waals surface area contributed by atoms with Crippen molar-refractivity contribution < 1.29 is 13.7 Å². The fourth-order valence-electron chi connectivity index (χ4n) is 5.98. The van der Waals surface area contributed by atoms with E-state index in [0.717, 1.165) is 49.6 Å². The molecule has 0 spiro atoms. The average molecular weight is 602 g/mol. The third kappa shape index (κ3) is 4.80. The Hall–Kier alpha value is -5.11. The summed E-state index contributed by atoms with van der Waals surface area (Å²) in [6.45, 7) is 8.23. The van der Waals surface area contributed by atoms with Gasteiger partial charge in [0.05, 0.1) is 16.8 Å². The molecule has 0 amide bonds. The monoisotopic (exact) mass is 601 g/mol. The van der Waals surface area contributed by atoms with E-state index in [1.807, 2.05) is 84.9 Å². The Bertz CT molecular complexity index is 2210. The lowest BCUT2D eigenvalue weighted by atomic mass is 9.78. The molecule has 224 valence electrons. The molecule has 0 radical (unpaired) electrons. The molecule has 1 aliphatic heterocycles. The summed E-state index contributed by atoms with van der Waals surface area (Å²) in [5.74, 6) is 1.72. The minimum atomic E-state index is -0.553. The fraction of sp³-hybridized carbons (Fsp3) is 0.154. The molecule has 1 saturated heterocycles. The van der Waals surface area contributed by atoms with Crippen molar-refractivity contribution in [2.24, 2.45) is 0 Å². The van der Waals surface area contributed by atoms with Crippen molar-refractivity contribution in [3.63, 3.8) is 0 Å². The van der Waals surface area contributed by atoms with Crippen LogP contribution in [0.3, 0.4) is 0 Å². The standard InChI is InChI=1S/C39H32BN3O3/c1-38(2)39(3,4)46-40(45-38)32-23-13-21-30-29-20-12-22-31(33(29)44-34(30)32)37-42-35(26-16-9-6-10-17-26)41-36(43-37)28-19-11-18-27(24-28)25-14-7-5-8-15-25/h5-24H,1-4H3. The van der Waals surface area contributed by atoms with E-state index in [9.17, 15) is 0 Å². The zero-order valence-corrected chi connectivity index (χ0v) is 26.2. The zero-order chi connectivity index (χ0) is 31.5. The topological polar surface area (TPSA) is 70.3 Å². The highest BCUT2D eigenvalue weighted by atomic mass is 16.7. The van der Waals surface area contributed by atoms with Crippen LogP contribution in [0.5, 0.6) is 0 Å². The quantitative estimate of drug-likeness (QED) is 0.184. The molecule has 6 nitrogen and oxygen atoms in total. The minimum Gasteiger partial charge on any atom is -0.456 e. The average Bonchev–Trinajstić information content (AvgIpc) is 3.57. The van der Waals surface area contributed by atoms with Gasteiger partial charge in [0.15, 0.2) is 17.5 Å². The van der Waals surface area contributed by atoms with Gasteiger partial charge in [0.25, 0.3) is 0 Å². The van der Waals surface area contributed by atoms with Gasteiger partial charge in [-0.1, -0.05) is 109 Å². The summed E-state index contributed by atoms with van der Waals surface area (Å²) in [6.07, 6.45) is 0. The summed E-state index contributed by atoms with van der Waals surface area (Å²) in [5, 5.41) is 1.96. The summed E-state index contributed by atoms with van der Waals surface area (Å²) < 4.78 is 19.6. The molecule has 0 bridgehead atoms. The summed E-state index contributed by atoms with van der Waals surface area (Å²) in [5.41, 5.74) is 6.18. The maximum atomic E-state index is 6.73. The van der Waals surface area contributed by atoms with Gasteiger partial charge in [-0.15, -0.1) is 0 Å². The van der Waals surface area contributed by atoms with Crippen molar-refractivity contribution in [2.75, 3.05) is 0 Å². The van der Waals surface area contributed by atoms with E-state index in [4.69, 9.17) is 28.7 Å².